The molecule has 0 aliphatic heterocycles. The van der Waals surface area contributed by atoms with Gasteiger partial charge in [-0.25, -0.2) is 14.0 Å². The Bertz CT molecular complexity index is 734. The van der Waals surface area contributed by atoms with Crippen molar-refractivity contribution in [3.63, 3.8) is 0 Å². The van der Waals surface area contributed by atoms with Crippen LogP contribution in [-0.4, -0.2) is 43.4 Å². The van der Waals surface area contributed by atoms with Crippen molar-refractivity contribution >= 4 is 11.9 Å². The number of alkyl halides is 6. The second-order valence-corrected chi connectivity index (χ2v) is 8.14. The third-order valence-electron chi connectivity index (χ3n) is 5.14. The Morgan fingerprint density at radius 3 is 1.59 bits per heavy atom. The number of rotatable bonds is 16. The predicted molar refractivity (Wildman–Crippen MR) is 115 cm³/mol. The molecule has 0 aliphatic carbocycles. The molecule has 0 fully saturated rings. The Morgan fingerprint density at radius 1 is 0.735 bits per heavy atom. The van der Waals surface area contributed by atoms with E-state index in [0.717, 1.165) is 31.4 Å². The maximum absolute atomic E-state index is 13.2. The van der Waals surface area contributed by atoms with Gasteiger partial charge in [-0.15, -0.1) is 0 Å². The van der Waals surface area contributed by atoms with Gasteiger partial charge in [0.15, 0.2) is 6.61 Å². The molecule has 0 amide bonds. The minimum atomic E-state index is -5.79. The van der Waals surface area contributed by atoms with Crippen LogP contribution in [0.1, 0.15) is 91.8 Å². The quantitative estimate of drug-likeness (QED) is 0.135. The molecule has 0 N–H and O–H groups in total. The average Bonchev–Trinajstić information content (AvgIpc) is 2.80. The van der Waals surface area contributed by atoms with Gasteiger partial charge in [-0.1, -0.05) is 64.7 Å². The molecule has 0 aromatic heterocycles. The molecule has 1 aromatic rings. The number of unbranched alkanes of at least 4 members (excludes halogenated alkanes) is 9. The summed E-state index contributed by atoms with van der Waals surface area (Å²) in [7, 11) is 0. The lowest BCUT2D eigenvalue weighted by molar-refractivity contribution is -0.251. The van der Waals surface area contributed by atoms with Crippen LogP contribution in [0, 0.1) is 0 Å². The number of esters is 2. The van der Waals surface area contributed by atoms with E-state index in [1.807, 2.05) is 0 Å². The number of ether oxygens (including phenoxy) is 2. The summed E-state index contributed by atoms with van der Waals surface area (Å²) in [6.07, 6.45) is 1.12. The molecule has 0 aliphatic rings. The van der Waals surface area contributed by atoms with Gasteiger partial charge in [0.25, 0.3) is 6.17 Å². The van der Waals surface area contributed by atoms with E-state index in [1.54, 1.807) is 0 Å². The Morgan fingerprint density at radius 2 is 1.15 bits per heavy atom. The molecule has 1 unspecified atom stereocenters. The smallest absolute Gasteiger partial charge is 0.425 e. The summed E-state index contributed by atoms with van der Waals surface area (Å²) in [5.41, 5.74) is -0.181. The van der Waals surface area contributed by atoms with Crippen LogP contribution in [0.5, 0.6) is 0 Å². The fraction of sp³-hybridized carbons (Fsp3) is 0.667. The van der Waals surface area contributed by atoms with Crippen LogP contribution in [0.4, 0.5) is 26.3 Å². The van der Waals surface area contributed by atoms with Crippen LogP contribution in [0.15, 0.2) is 24.3 Å². The summed E-state index contributed by atoms with van der Waals surface area (Å²) >= 11 is 0. The number of carbonyl (C=O) groups is 2. The number of hydrogen-bond acceptors (Lipinski definition) is 4. The van der Waals surface area contributed by atoms with Crippen molar-refractivity contribution in [3.8, 4) is 0 Å². The summed E-state index contributed by atoms with van der Waals surface area (Å²) in [5, 5.41) is 0. The molecule has 4 nitrogen and oxygen atoms in total. The minimum absolute atomic E-state index is 0.106. The van der Waals surface area contributed by atoms with Crippen LogP contribution >= 0.6 is 0 Å². The first-order valence-electron chi connectivity index (χ1n) is 11.5. The van der Waals surface area contributed by atoms with Crippen molar-refractivity contribution in [3.05, 3.63) is 35.4 Å². The summed E-state index contributed by atoms with van der Waals surface area (Å²) in [6, 6.07) is 4.55. The van der Waals surface area contributed by atoms with Crippen molar-refractivity contribution in [2.24, 2.45) is 0 Å². The van der Waals surface area contributed by atoms with Crippen molar-refractivity contribution < 1.29 is 45.4 Å². The van der Waals surface area contributed by atoms with E-state index < -0.39 is 36.8 Å². The Hall–Kier alpha value is -2.26. The SMILES string of the molecule is CCCCCCCCCCCCOC(=O)c1ccc(C(=O)OCC(F)(F)C(F)C(F)(F)F)cc1. The topological polar surface area (TPSA) is 52.6 Å². The van der Waals surface area contributed by atoms with E-state index in [2.05, 4.69) is 11.7 Å². The first-order valence-corrected chi connectivity index (χ1v) is 11.5. The zero-order valence-corrected chi connectivity index (χ0v) is 19.3. The lowest BCUT2D eigenvalue weighted by atomic mass is 10.1. The lowest BCUT2D eigenvalue weighted by Gasteiger charge is -2.22. The molecule has 0 heterocycles. The Kier molecular flexibility index (Phi) is 13.0. The van der Waals surface area contributed by atoms with Crippen LogP contribution in [-0.2, 0) is 9.47 Å². The highest BCUT2D eigenvalue weighted by Gasteiger charge is 2.57. The molecule has 1 atom stereocenters. The van der Waals surface area contributed by atoms with Crippen molar-refractivity contribution in [2.75, 3.05) is 13.2 Å². The molecule has 0 radical (unpaired) electrons. The number of carbonyl (C=O) groups excluding carboxylic acids is 2. The van der Waals surface area contributed by atoms with Crippen LogP contribution in [0.2, 0.25) is 0 Å². The Labute approximate surface area is 196 Å². The van der Waals surface area contributed by atoms with Gasteiger partial charge < -0.3 is 9.47 Å². The van der Waals surface area contributed by atoms with Crippen molar-refractivity contribution in [1.29, 1.82) is 0 Å². The maximum Gasteiger partial charge on any atom is 0.425 e. The highest BCUT2D eigenvalue weighted by molar-refractivity contribution is 5.93. The molecule has 34 heavy (non-hydrogen) atoms. The summed E-state index contributed by atoms with van der Waals surface area (Å²) < 4.78 is 84.8. The van der Waals surface area contributed by atoms with Gasteiger partial charge in [-0.3, -0.25) is 0 Å². The molecule has 0 saturated heterocycles. The molecule has 194 valence electrons. The van der Waals surface area contributed by atoms with Crippen LogP contribution < -0.4 is 0 Å². The molecule has 0 spiro atoms. The van der Waals surface area contributed by atoms with E-state index in [4.69, 9.17) is 4.74 Å². The molecular weight excluding hydrogens is 466 g/mol. The fourth-order valence-electron chi connectivity index (χ4n) is 3.14. The lowest BCUT2D eigenvalue weighted by Crippen LogP contribution is -2.45. The summed E-state index contributed by atoms with van der Waals surface area (Å²) in [5.74, 6) is -6.93. The minimum Gasteiger partial charge on any atom is -0.462 e. The monoisotopic (exact) mass is 498 g/mol. The van der Waals surface area contributed by atoms with Crippen molar-refractivity contribution in [1.82, 2.24) is 0 Å². The second kappa shape index (κ2) is 14.9. The molecular formula is C24H32F6O4. The molecule has 10 heteroatoms. The zero-order valence-electron chi connectivity index (χ0n) is 19.3. The van der Waals surface area contributed by atoms with E-state index in [0.29, 0.717) is 6.42 Å². The van der Waals surface area contributed by atoms with Gasteiger partial charge in [0.2, 0.25) is 0 Å². The molecule has 1 aromatic carbocycles. The molecule has 1 rings (SSSR count). The number of halogens is 6. The van der Waals surface area contributed by atoms with Gasteiger partial charge in [-0.2, -0.15) is 22.0 Å². The largest absolute Gasteiger partial charge is 0.462 e. The highest BCUT2D eigenvalue weighted by atomic mass is 19.4. The van der Waals surface area contributed by atoms with Gasteiger partial charge >= 0.3 is 24.0 Å². The maximum atomic E-state index is 13.2. The van der Waals surface area contributed by atoms with Gasteiger partial charge in [0.05, 0.1) is 17.7 Å². The number of benzene rings is 1. The van der Waals surface area contributed by atoms with Gasteiger partial charge in [0.1, 0.15) is 0 Å². The standard InChI is InChI=1S/C24H32F6O4/c1-2-3-4-5-6-7-8-9-10-11-16-33-20(31)18-12-14-19(15-13-18)21(32)34-17-23(26,27)22(25)24(28,29)30/h12-15,22H,2-11,16-17H2,1H3. The second-order valence-electron chi connectivity index (χ2n) is 8.14. The average molecular weight is 499 g/mol. The molecule has 0 bridgehead atoms. The predicted octanol–water partition coefficient (Wildman–Crippen LogP) is 7.46. The number of hydrogen-bond donors (Lipinski definition) is 0. The summed E-state index contributed by atoms with van der Waals surface area (Å²) in [6.45, 7) is 0.343. The first-order chi connectivity index (χ1) is 16.0. The van der Waals surface area contributed by atoms with Crippen LogP contribution in [0.3, 0.4) is 0 Å². The van der Waals surface area contributed by atoms with E-state index in [-0.39, 0.29) is 17.7 Å². The van der Waals surface area contributed by atoms with Gasteiger partial charge in [-0.05, 0) is 30.7 Å². The van der Waals surface area contributed by atoms with E-state index in [1.165, 1.54) is 50.7 Å². The van der Waals surface area contributed by atoms with E-state index in [9.17, 15) is 35.9 Å². The zero-order chi connectivity index (χ0) is 25.6. The van der Waals surface area contributed by atoms with Crippen LogP contribution in [0.25, 0.3) is 0 Å². The van der Waals surface area contributed by atoms with Crippen molar-refractivity contribution in [2.45, 2.75) is 89.4 Å². The van der Waals surface area contributed by atoms with Gasteiger partial charge in [0, 0.05) is 0 Å². The normalized spacial score (nSPS) is 12.9. The summed E-state index contributed by atoms with van der Waals surface area (Å²) in [4.78, 5) is 23.8. The highest BCUT2D eigenvalue weighted by Crippen LogP contribution is 2.35. The third kappa shape index (κ3) is 11.2. The fourth-order valence-corrected chi connectivity index (χ4v) is 3.14. The molecule has 0 saturated carbocycles. The first kappa shape index (κ1) is 29.8. The Balaban J connectivity index is 2.30. The third-order valence-corrected chi connectivity index (χ3v) is 5.14. The van der Waals surface area contributed by atoms with E-state index >= 15 is 0 Å².